The Labute approximate surface area is 112 Å². The summed E-state index contributed by atoms with van der Waals surface area (Å²) in [4.78, 5) is 22.1. The predicted molar refractivity (Wildman–Crippen MR) is 76.3 cm³/mol. The molecule has 0 saturated carbocycles. The van der Waals surface area contributed by atoms with Gasteiger partial charge in [-0.15, -0.1) is 0 Å². The molecule has 0 radical (unpaired) electrons. The van der Waals surface area contributed by atoms with Crippen LogP contribution in [0.4, 0.5) is 0 Å². The number of rotatable bonds is 7. The zero-order valence-corrected chi connectivity index (χ0v) is 11.6. The summed E-state index contributed by atoms with van der Waals surface area (Å²) in [6.07, 6.45) is 2.78. The van der Waals surface area contributed by atoms with Crippen molar-refractivity contribution in [1.29, 1.82) is 0 Å². The quantitative estimate of drug-likeness (QED) is 0.769. The third-order valence-corrected chi connectivity index (χ3v) is 3.56. The lowest BCUT2D eigenvalue weighted by Crippen LogP contribution is -2.31. The van der Waals surface area contributed by atoms with Gasteiger partial charge in [0, 0.05) is 7.05 Å². The van der Waals surface area contributed by atoms with Crippen LogP contribution in [0.3, 0.4) is 0 Å². The van der Waals surface area contributed by atoms with Crippen LogP contribution in [0.15, 0.2) is 24.3 Å². The van der Waals surface area contributed by atoms with E-state index in [1.54, 1.807) is 7.05 Å². The Balaban J connectivity index is 2.68. The van der Waals surface area contributed by atoms with E-state index < -0.39 is 0 Å². The maximum absolute atomic E-state index is 11.6. The summed E-state index contributed by atoms with van der Waals surface area (Å²) in [7, 11) is 1.59. The molecule has 0 aliphatic rings. The monoisotopic (exact) mass is 265 g/mol. The molecule has 1 unspecified atom stereocenters. The first-order valence-corrected chi connectivity index (χ1v) is 7.04. The summed E-state index contributed by atoms with van der Waals surface area (Å²) < 4.78 is 0. The lowest BCUT2D eigenvalue weighted by molar-refractivity contribution is -0.120. The van der Waals surface area contributed by atoms with Gasteiger partial charge in [-0.05, 0) is 24.0 Å². The minimum atomic E-state index is -0.343. The van der Waals surface area contributed by atoms with Crippen molar-refractivity contribution in [2.45, 2.75) is 31.4 Å². The molecular weight excluding hydrogens is 246 g/mol. The number of thioether (sulfide) groups is 1. The Bertz CT molecular complexity index is 389. The van der Waals surface area contributed by atoms with E-state index in [-0.39, 0.29) is 11.2 Å². The molecule has 1 aromatic carbocycles. The highest BCUT2D eigenvalue weighted by atomic mass is 32.2. The van der Waals surface area contributed by atoms with E-state index in [0.717, 1.165) is 35.8 Å². The number of amides is 1. The fourth-order valence-corrected chi connectivity index (χ4v) is 2.44. The number of benzene rings is 1. The van der Waals surface area contributed by atoms with Crippen molar-refractivity contribution in [2.75, 3.05) is 7.05 Å². The normalized spacial score (nSPS) is 11.9. The molecule has 1 aromatic rings. The Morgan fingerprint density at radius 3 is 2.44 bits per heavy atom. The van der Waals surface area contributed by atoms with Gasteiger partial charge in [0.2, 0.25) is 5.91 Å². The fourth-order valence-electron chi connectivity index (χ4n) is 1.78. The van der Waals surface area contributed by atoms with Gasteiger partial charge >= 0.3 is 0 Å². The summed E-state index contributed by atoms with van der Waals surface area (Å²) in [6.45, 7) is 2.15. The zero-order chi connectivity index (χ0) is 13.4. The molecule has 1 amide bonds. The van der Waals surface area contributed by atoms with Crippen LogP contribution >= 0.6 is 11.8 Å². The summed E-state index contributed by atoms with van der Waals surface area (Å²) in [5.41, 5.74) is 3.12. The average molecular weight is 265 g/mol. The molecule has 0 spiro atoms. The van der Waals surface area contributed by atoms with E-state index in [0.29, 0.717) is 6.42 Å². The third kappa shape index (κ3) is 4.53. The maximum Gasteiger partial charge on any atom is 0.233 e. The van der Waals surface area contributed by atoms with Crippen molar-refractivity contribution in [3.05, 3.63) is 35.4 Å². The topological polar surface area (TPSA) is 46.2 Å². The number of nitrogens with one attached hydrogen (secondary N) is 1. The number of aryl methyl sites for hydroxylation is 1. The lowest BCUT2D eigenvalue weighted by Gasteiger charge is -2.12. The highest BCUT2D eigenvalue weighted by molar-refractivity contribution is 8.13. The molecule has 18 heavy (non-hydrogen) atoms. The predicted octanol–water partition coefficient (Wildman–Crippen LogP) is 2.22. The minimum Gasteiger partial charge on any atom is -0.358 e. The molecule has 98 valence electrons. The van der Waals surface area contributed by atoms with Crippen molar-refractivity contribution in [2.24, 2.45) is 0 Å². The highest BCUT2D eigenvalue weighted by Gasteiger charge is 2.17. The molecular formula is C14H19NO2S. The van der Waals surface area contributed by atoms with Crippen LogP contribution in [0.2, 0.25) is 0 Å². The maximum atomic E-state index is 11.6. The van der Waals surface area contributed by atoms with E-state index in [1.807, 2.05) is 12.1 Å². The Kier molecular flexibility index (Phi) is 6.50. The smallest absolute Gasteiger partial charge is 0.233 e. The van der Waals surface area contributed by atoms with Crippen LogP contribution < -0.4 is 5.32 Å². The van der Waals surface area contributed by atoms with E-state index in [2.05, 4.69) is 24.4 Å². The molecule has 0 aliphatic carbocycles. The van der Waals surface area contributed by atoms with E-state index in [1.165, 1.54) is 5.56 Å². The SMILES string of the molecule is CCCc1ccc(CC(SC=O)C(=O)NC)cc1. The lowest BCUT2D eigenvalue weighted by atomic mass is 10.0. The summed E-state index contributed by atoms with van der Waals surface area (Å²) in [6, 6.07) is 8.25. The van der Waals surface area contributed by atoms with Crippen molar-refractivity contribution < 1.29 is 9.59 Å². The van der Waals surface area contributed by atoms with Crippen molar-refractivity contribution >= 4 is 23.3 Å². The fraction of sp³-hybridized carbons (Fsp3) is 0.429. The first-order chi connectivity index (χ1) is 8.71. The average Bonchev–Trinajstić information content (AvgIpc) is 2.40. The Hall–Kier alpha value is -1.29. The molecule has 1 N–H and O–H groups in total. The number of hydrogen-bond donors (Lipinski definition) is 1. The van der Waals surface area contributed by atoms with Crippen molar-refractivity contribution in [3.63, 3.8) is 0 Å². The van der Waals surface area contributed by atoms with Gasteiger partial charge in [-0.3, -0.25) is 9.59 Å². The van der Waals surface area contributed by atoms with Crippen molar-refractivity contribution in [3.8, 4) is 0 Å². The highest BCUT2D eigenvalue weighted by Crippen LogP contribution is 2.16. The van der Waals surface area contributed by atoms with E-state index in [4.69, 9.17) is 0 Å². The van der Waals surface area contributed by atoms with Crippen LogP contribution in [-0.4, -0.2) is 23.8 Å². The second-order valence-corrected chi connectivity index (χ2v) is 5.14. The Morgan fingerprint density at radius 2 is 1.94 bits per heavy atom. The summed E-state index contributed by atoms with van der Waals surface area (Å²) in [5.74, 6) is -0.107. The molecule has 0 heterocycles. The van der Waals surface area contributed by atoms with Crippen LogP contribution in [0.1, 0.15) is 24.5 Å². The number of hydrogen-bond acceptors (Lipinski definition) is 3. The van der Waals surface area contributed by atoms with Gasteiger partial charge in [0.1, 0.15) is 0 Å². The van der Waals surface area contributed by atoms with Gasteiger partial charge in [0.05, 0.1) is 5.25 Å². The minimum absolute atomic E-state index is 0.107. The Morgan fingerprint density at radius 1 is 1.33 bits per heavy atom. The van der Waals surface area contributed by atoms with Crippen LogP contribution in [0.5, 0.6) is 0 Å². The molecule has 1 atom stereocenters. The summed E-state index contributed by atoms with van der Waals surface area (Å²) in [5, 5.41) is 2.24. The molecule has 0 aliphatic heterocycles. The molecule has 0 fully saturated rings. The second-order valence-electron chi connectivity index (χ2n) is 4.11. The zero-order valence-electron chi connectivity index (χ0n) is 10.8. The van der Waals surface area contributed by atoms with Gasteiger partial charge in [0.25, 0.3) is 0 Å². The first-order valence-electron chi connectivity index (χ1n) is 6.09. The van der Waals surface area contributed by atoms with Gasteiger partial charge in [-0.2, -0.15) is 0 Å². The first kappa shape index (κ1) is 14.8. The van der Waals surface area contributed by atoms with Crippen molar-refractivity contribution in [1.82, 2.24) is 5.32 Å². The van der Waals surface area contributed by atoms with Crippen LogP contribution in [0, 0.1) is 0 Å². The number of carbonyl (C=O) groups is 2. The second kappa shape index (κ2) is 7.93. The molecule has 1 rings (SSSR count). The van der Waals surface area contributed by atoms with Gasteiger partial charge in [-0.1, -0.05) is 49.4 Å². The van der Waals surface area contributed by atoms with Crippen LogP contribution in [-0.2, 0) is 22.4 Å². The molecule has 0 aromatic heterocycles. The third-order valence-electron chi connectivity index (χ3n) is 2.74. The van der Waals surface area contributed by atoms with E-state index in [9.17, 15) is 9.59 Å². The van der Waals surface area contributed by atoms with E-state index >= 15 is 0 Å². The molecule has 0 saturated heterocycles. The van der Waals surface area contributed by atoms with Gasteiger partial charge in [-0.25, -0.2) is 0 Å². The standard InChI is InChI=1S/C14H19NO2S/c1-3-4-11-5-7-12(8-6-11)9-13(18-10-16)14(17)15-2/h5-8,10,13H,3-4,9H2,1-2H3,(H,15,17). The molecule has 3 nitrogen and oxygen atoms in total. The van der Waals surface area contributed by atoms with Gasteiger partial charge < -0.3 is 5.32 Å². The largest absolute Gasteiger partial charge is 0.358 e. The van der Waals surface area contributed by atoms with Gasteiger partial charge in [0.15, 0.2) is 5.62 Å². The molecule has 4 heteroatoms. The van der Waals surface area contributed by atoms with Crippen LogP contribution in [0.25, 0.3) is 0 Å². The summed E-state index contributed by atoms with van der Waals surface area (Å²) >= 11 is 1.03. The number of carbonyl (C=O) groups excluding carboxylic acids is 2. The molecule has 0 bridgehead atoms.